The summed E-state index contributed by atoms with van der Waals surface area (Å²) in [7, 11) is 0. The number of aliphatic carboxylic acids is 1. The van der Waals surface area contributed by atoms with Crippen LogP contribution in [-0.2, 0) is 16.1 Å². The van der Waals surface area contributed by atoms with Gasteiger partial charge in [0.1, 0.15) is 17.4 Å². The molecule has 3 rings (SSSR count). The fraction of sp³-hybridized carbons (Fsp3) is 0.357. The van der Waals surface area contributed by atoms with Crippen LogP contribution in [0, 0.1) is 0 Å². The van der Waals surface area contributed by atoms with Crippen molar-refractivity contribution in [1.29, 1.82) is 0 Å². The number of hydrogen-bond donors (Lipinski definition) is 1. The quantitative estimate of drug-likeness (QED) is 0.911. The van der Waals surface area contributed by atoms with Crippen LogP contribution in [0.3, 0.4) is 0 Å². The summed E-state index contributed by atoms with van der Waals surface area (Å²) in [5.41, 5.74) is 0.831. The van der Waals surface area contributed by atoms with Crippen LogP contribution in [-0.4, -0.2) is 41.8 Å². The SMILES string of the molecule is O=C(O)C1COCCN1Cc1cc2ccccc2o1. The minimum Gasteiger partial charge on any atom is -0.480 e. The lowest BCUT2D eigenvalue weighted by molar-refractivity contribution is -0.150. The number of carbonyl (C=O) groups is 1. The number of fused-ring (bicyclic) bond motifs is 1. The fourth-order valence-electron chi connectivity index (χ4n) is 2.37. The first-order valence-corrected chi connectivity index (χ1v) is 6.26. The molecule has 1 aromatic carbocycles. The molecular weight excluding hydrogens is 246 g/mol. The van der Waals surface area contributed by atoms with Gasteiger partial charge in [-0.05, 0) is 12.1 Å². The maximum atomic E-state index is 11.2. The van der Waals surface area contributed by atoms with Crippen LogP contribution >= 0.6 is 0 Å². The van der Waals surface area contributed by atoms with E-state index in [4.69, 9.17) is 9.15 Å². The molecule has 1 aliphatic rings. The number of furan rings is 1. The molecule has 1 N–H and O–H groups in total. The van der Waals surface area contributed by atoms with E-state index in [9.17, 15) is 9.90 Å². The van der Waals surface area contributed by atoms with E-state index in [0.717, 1.165) is 16.7 Å². The van der Waals surface area contributed by atoms with Crippen LogP contribution in [0.15, 0.2) is 34.7 Å². The molecule has 0 amide bonds. The maximum Gasteiger partial charge on any atom is 0.323 e. The second kappa shape index (κ2) is 5.03. The van der Waals surface area contributed by atoms with Gasteiger partial charge >= 0.3 is 5.97 Å². The monoisotopic (exact) mass is 261 g/mol. The zero-order chi connectivity index (χ0) is 13.2. The van der Waals surface area contributed by atoms with Crippen molar-refractivity contribution in [2.75, 3.05) is 19.8 Å². The lowest BCUT2D eigenvalue weighted by Crippen LogP contribution is -2.49. The molecule has 1 aliphatic heterocycles. The molecule has 1 atom stereocenters. The molecule has 5 heteroatoms. The topological polar surface area (TPSA) is 62.9 Å². The minimum atomic E-state index is -0.851. The zero-order valence-corrected chi connectivity index (χ0v) is 10.4. The van der Waals surface area contributed by atoms with Crippen molar-refractivity contribution in [3.05, 3.63) is 36.1 Å². The molecule has 5 nitrogen and oxygen atoms in total. The van der Waals surface area contributed by atoms with Crippen LogP contribution in [0.25, 0.3) is 11.0 Å². The lowest BCUT2D eigenvalue weighted by atomic mass is 10.2. The van der Waals surface area contributed by atoms with Crippen molar-refractivity contribution in [2.45, 2.75) is 12.6 Å². The van der Waals surface area contributed by atoms with Crippen LogP contribution in [0.1, 0.15) is 5.76 Å². The van der Waals surface area contributed by atoms with Crippen molar-refractivity contribution in [1.82, 2.24) is 4.90 Å². The number of para-hydroxylation sites is 1. The van der Waals surface area contributed by atoms with Gasteiger partial charge in [-0.2, -0.15) is 0 Å². The van der Waals surface area contributed by atoms with Crippen LogP contribution < -0.4 is 0 Å². The Hall–Kier alpha value is -1.85. The van der Waals surface area contributed by atoms with E-state index < -0.39 is 12.0 Å². The smallest absolute Gasteiger partial charge is 0.323 e. The average molecular weight is 261 g/mol. The van der Waals surface area contributed by atoms with Crippen LogP contribution in [0.5, 0.6) is 0 Å². The van der Waals surface area contributed by atoms with E-state index in [1.54, 1.807) is 0 Å². The van der Waals surface area contributed by atoms with Gasteiger partial charge in [0.2, 0.25) is 0 Å². The molecular formula is C14H15NO4. The molecule has 1 aromatic heterocycles. The predicted octanol–water partition coefficient (Wildman–Crippen LogP) is 1.72. The highest BCUT2D eigenvalue weighted by Crippen LogP contribution is 2.21. The predicted molar refractivity (Wildman–Crippen MR) is 68.9 cm³/mol. The first-order chi connectivity index (χ1) is 9.24. The summed E-state index contributed by atoms with van der Waals surface area (Å²) in [4.78, 5) is 13.1. The molecule has 0 spiro atoms. The van der Waals surface area contributed by atoms with Gasteiger partial charge in [0.05, 0.1) is 19.8 Å². The summed E-state index contributed by atoms with van der Waals surface area (Å²) in [6.07, 6.45) is 0. The molecule has 19 heavy (non-hydrogen) atoms. The Balaban J connectivity index is 1.80. The maximum absolute atomic E-state index is 11.2. The average Bonchev–Trinajstić information content (AvgIpc) is 2.81. The first-order valence-electron chi connectivity index (χ1n) is 6.26. The second-order valence-electron chi connectivity index (χ2n) is 4.65. The van der Waals surface area contributed by atoms with E-state index >= 15 is 0 Å². The van der Waals surface area contributed by atoms with Gasteiger partial charge in [0, 0.05) is 11.9 Å². The molecule has 1 saturated heterocycles. The van der Waals surface area contributed by atoms with Crippen LogP contribution in [0.4, 0.5) is 0 Å². The van der Waals surface area contributed by atoms with Crippen molar-refractivity contribution in [3.63, 3.8) is 0 Å². The molecule has 1 unspecified atom stereocenters. The highest BCUT2D eigenvalue weighted by Gasteiger charge is 2.29. The molecule has 0 saturated carbocycles. The van der Waals surface area contributed by atoms with E-state index in [1.807, 2.05) is 35.2 Å². The molecule has 0 radical (unpaired) electrons. The number of rotatable bonds is 3. The number of carboxylic acids is 1. The largest absolute Gasteiger partial charge is 0.480 e. The molecule has 100 valence electrons. The third-order valence-corrected chi connectivity index (χ3v) is 3.36. The van der Waals surface area contributed by atoms with E-state index in [2.05, 4.69) is 0 Å². The highest BCUT2D eigenvalue weighted by molar-refractivity contribution is 5.77. The van der Waals surface area contributed by atoms with Gasteiger partial charge in [-0.1, -0.05) is 18.2 Å². The molecule has 1 fully saturated rings. The first kappa shape index (κ1) is 12.2. The number of carboxylic acid groups (broad SMARTS) is 1. The summed E-state index contributed by atoms with van der Waals surface area (Å²) < 4.78 is 10.9. The number of morpholine rings is 1. The van der Waals surface area contributed by atoms with Crippen molar-refractivity contribution in [2.24, 2.45) is 0 Å². The number of ether oxygens (including phenoxy) is 1. The number of nitrogens with zero attached hydrogens (tertiary/aromatic N) is 1. The summed E-state index contributed by atoms with van der Waals surface area (Å²) in [6.45, 7) is 1.89. The second-order valence-corrected chi connectivity index (χ2v) is 4.65. The Morgan fingerprint density at radius 3 is 3.05 bits per heavy atom. The molecule has 0 bridgehead atoms. The van der Waals surface area contributed by atoms with Gasteiger partial charge in [-0.25, -0.2) is 0 Å². The van der Waals surface area contributed by atoms with Gasteiger partial charge < -0.3 is 14.3 Å². The van der Waals surface area contributed by atoms with Crippen LogP contribution in [0.2, 0.25) is 0 Å². The standard InChI is InChI=1S/C14H15NO4/c16-14(17)12-9-18-6-5-15(12)8-11-7-10-3-1-2-4-13(10)19-11/h1-4,7,12H,5-6,8-9H2,(H,16,17). The van der Waals surface area contributed by atoms with Crippen molar-refractivity contribution in [3.8, 4) is 0 Å². The van der Waals surface area contributed by atoms with Crippen molar-refractivity contribution < 1.29 is 19.1 Å². The Kier molecular flexibility index (Phi) is 3.23. The molecule has 0 aliphatic carbocycles. The highest BCUT2D eigenvalue weighted by atomic mass is 16.5. The third kappa shape index (κ3) is 2.47. The lowest BCUT2D eigenvalue weighted by Gasteiger charge is -2.31. The van der Waals surface area contributed by atoms with Crippen molar-refractivity contribution >= 4 is 16.9 Å². The van der Waals surface area contributed by atoms with Gasteiger partial charge in [0.25, 0.3) is 0 Å². The number of hydrogen-bond acceptors (Lipinski definition) is 4. The Morgan fingerprint density at radius 1 is 1.42 bits per heavy atom. The van der Waals surface area contributed by atoms with Gasteiger partial charge in [-0.3, -0.25) is 9.69 Å². The Bertz CT molecular complexity index is 559. The Morgan fingerprint density at radius 2 is 2.26 bits per heavy atom. The van der Waals surface area contributed by atoms with E-state index in [1.165, 1.54) is 0 Å². The zero-order valence-electron chi connectivity index (χ0n) is 10.4. The summed E-state index contributed by atoms with van der Waals surface area (Å²) in [6, 6.07) is 9.13. The fourth-order valence-corrected chi connectivity index (χ4v) is 2.37. The van der Waals surface area contributed by atoms with Gasteiger partial charge in [0.15, 0.2) is 0 Å². The summed E-state index contributed by atoms with van der Waals surface area (Å²) in [5.74, 6) is -0.0647. The third-order valence-electron chi connectivity index (χ3n) is 3.36. The van der Waals surface area contributed by atoms with Gasteiger partial charge in [-0.15, -0.1) is 0 Å². The summed E-state index contributed by atoms with van der Waals surface area (Å²) in [5, 5.41) is 10.2. The van der Waals surface area contributed by atoms with E-state index in [0.29, 0.717) is 19.7 Å². The minimum absolute atomic E-state index is 0.232. The Labute approximate surface area is 110 Å². The molecule has 2 aromatic rings. The van der Waals surface area contributed by atoms with E-state index in [-0.39, 0.29) is 6.61 Å². The summed E-state index contributed by atoms with van der Waals surface area (Å²) >= 11 is 0. The molecule has 2 heterocycles. The number of benzene rings is 1. The normalized spacial score (nSPS) is 20.7.